The van der Waals surface area contributed by atoms with Gasteiger partial charge in [-0.1, -0.05) is 0 Å². The third-order valence-corrected chi connectivity index (χ3v) is 7.37. The number of nitrogens with two attached hydrogens (primary N) is 1. The summed E-state index contributed by atoms with van der Waals surface area (Å²) in [5.41, 5.74) is 7.74. The number of aromatic nitrogens is 5. The van der Waals surface area contributed by atoms with Crippen molar-refractivity contribution in [1.82, 2.24) is 34.1 Å². The molecule has 198 valence electrons. The normalized spacial score (nSPS) is 17.1. The first kappa shape index (κ1) is 26.6. The number of pyridine rings is 2. The Labute approximate surface area is 215 Å². The minimum atomic E-state index is -3.20. The van der Waals surface area contributed by atoms with Gasteiger partial charge in [-0.3, -0.25) is 4.90 Å². The van der Waals surface area contributed by atoms with Gasteiger partial charge in [-0.2, -0.15) is 14.3 Å². The molecule has 0 aliphatic carbocycles. The van der Waals surface area contributed by atoms with Crippen LogP contribution in [0.4, 0.5) is 21.8 Å². The first-order valence-electron chi connectivity index (χ1n) is 11.7. The Hall–Kier alpha value is -3.49. The standard InChI is InChI=1S/C23H30FN9O3S/c1-14-13-33(37(4,34)35)8-7-32(14)6-5-16-9-18(21-28-15(2)29-23(25)31-21)20(26-11-16)30-17-10-19(24)22(36-3)27-12-17/h9-12,14H,5-8,13H2,1-4H3,(H,26,30)(H2,25,28,29,31). The van der Waals surface area contributed by atoms with Gasteiger partial charge < -0.3 is 15.8 Å². The van der Waals surface area contributed by atoms with Crippen molar-refractivity contribution >= 4 is 27.5 Å². The average molecular weight is 532 g/mol. The zero-order chi connectivity index (χ0) is 26.7. The molecule has 0 saturated carbocycles. The molecule has 0 aromatic carbocycles. The zero-order valence-electron chi connectivity index (χ0n) is 21.1. The van der Waals surface area contributed by atoms with E-state index in [9.17, 15) is 12.8 Å². The van der Waals surface area contributed by atoms with Crippen molar-refractivity contribution in [1.29, 1.82) is 0 Å². The summed E-state index contributed by atoms with van der Waals surface area (Å²) in [5.74, 6) is 0.536. The Bertz CT molecular complexity index is 1370. The van der Waals surface area contributed by atoms with Crippen LogP contribution in [0.5, 0.6) is 5.88 Å². The molecule has 4 heterocycles. The van der Waals surface area contributed by atoms with Crippen LogP contribution in [0.1, 0.15) is 18.3 Å². The van der Waals surface area contributed by atoms with Gasteiger partial charge in [0.2, 0.25) is 21.9 Å². The Kier molecular flexibility index (Phi) is 7.80. The number of sulfonamides is 1. The van der Waals surface area contributed by atoms with Crippen LogP contribution >= 0.6 is 0 Å². The van der Waals surface area contributed by atoms with Crippen molar-refractivity contribution in [3.63, 3.8) is 0 Å². The van der Waals surface area contributed by atoms with E-state index in [1.54, 1.807) is 13.1 Å². The third kappa shape index (κ3) is 6.45. The summed E-state index contributed by atoms with van der Waals surface area (Å²) in [6.07, 6.45) is 5.08. The van der Waals surface area contributed by atoms with Crippen LogP contribution in [0.25, 0.3) is 11.4 Å². The Morgan fingerprint density at radius 2 is 1.97 bits per heavy atom. The molecular weight excluding hydrogens is 501 g/mol. The van der Waals surface area contributed by atoms with Crippen molar-refractivity contribution < 1.29 is 17.5 Å². The van der Waals surface area contributed by atoms with Gasteiger partial charge in [-0.25, -0.2) is 27.8 Å². The van der Waals surface area contributed by atoms with Crippen LogP contribution in [0.2, 0.25) is 0 Å². The molecule has 12 nitrogen and oxygen atoms in total. The highest BCUT2D eigenvalue weighted by Crippen LogP contribution is 2.29. The number of methoxy groups -OCH3 is 1. The number of hydrogen-bond acceptors (Lipinski definition) is 11. The van der Waals surface area contributed by atoms with Gasteiger partial charge in [0.1, 0.15) is 11.6 Å². The molecule has 37 heavy (non-hydrogen) atoms. The third-order valence-electron chi connectivity index (χ3n) is 6.10. The fourth-order valence-corrected chi connectivity index (χ4v) is 5.09. The number of nitrogen functional groups attached to an aromatic ring is 1. The van der Waals surface area contributed by atoms with E-state index in [0.29, 0.717) is 54.8 Å². The molecule has 1 aliphatic rings. The molecule has 0 bridgehead atoms. The van der Waals surface area contributed by atoms with Crippen LogP contribution < -0.4 is 15.8 Å². The number of anilines is 3. The van der Waals surface area contributed by atoms with Crippen LogP contribution in [0.15, 0.2) is 24.5 Å². The SMILES string of the molecule is COc1ncc(Nc2ncc(CCN3CCN(S(C)(=O)=O)CC3C)cc2-c2nc(C)nc(N)n2)cc1F. The maximum absolute atomic E-state index is 14.2. The predicted molar refractivity (Wildman–Crippen MR) is 137 cm³/mol. The summed E-state index contributed by atoms with van der Waals surface area (Å²) >= 11 is 0. The molecule has 3 aromatic rings. The molecule has 1 unspecified atom stereocenters. The monoisotopic (exact) mass is 531 g/mol. The maximum atomic E-state index is 14.2. The van der Waals surface area contributed by atoms with Gasteiger partial charge >= 0.3 is 0 Å². The van der Waals surface area contributed by atoms with E-state index >= 15 is 0 Å². The van der Waals surface area contributed by atoms with Gasteiger partial charge in [-0.15, -0.1) is 0 Å². The fourth-order valence-electron chi connectivity index (χ4n) is 4.19. The summed E-state index contributed by atoms with van der Waals surface area (Å²) in [4.78, 5) is 23.5. The molecule has 4 rings (SSSR count). The summed E-state index contributed by atoms with van der Waals surface area (Å²) in [6, 6.07) is 3.25. The van der Waals surface area contributed by atoms with Crippen molar-refractivity contribution in [2.75, 3.05) is 50.6 Å². The fraction of sp³-hybridized carbons (Fsp3) is 0.435. The smallest absolute Gasteiger partial charge is 0.250 e. The van der Waals surface area contributed by atoms with Crippen molar-refractivity contribution in [2.45, 2.75) is 26.3 Å². The van der Waals surface area contributed by atoms with Crippen molar-refractivity contribution in [2.24, 2.45) is 0 Å². The first-order valence-corrected chi connectivity index (χ1v) is 13.5. The highest BCUT2D eigenvalue weighted by Gasteiger charge is 2.28. The zero-order valence-corrected chi connectivity index (χ0v) is 22.0. The van der Waals surface area contributed by atoms with Crippen LogP contribution in [0.3, 0.4) is 0 Å². The summed E-state index contributed by atoms with van der Waals surface area (Å²) in [7, 11) is -1.86. The highest BCUT2D eigenvalue weighted by atomic mass is 32.2. The second-order valence-electron chi connectivity index (χ2n) is 8.90. The molecule has 14 heteroatoms. The van der Waals surface area contributed by atoms with E-state index in [0.717, 1.165) is 12.1 Å². The topological polar surface area (TPSA) is 152 Å². The number of aryl methyl sites for hydroxylation is 1. The number of hydrogen-bond donors (Lipinski definition) is 2. The minimum Gasteiger partial charge on any atom is -0.479 e. The molecule has 1 atom stereocenters. The lowest BCUT2D eigenvalue weighted by Gasteiger charge is -2.38. The van der Waals surface area contributed by atoms with Gasteiger partial charge in [-0.05, 0) is 31.9 Å². The van der Waals surface area contributed by atoms with E-state index in [-0.39, 0.29) is 17.9 Å². The maximum Gasteiger partial charge on any atom is 0.250 e. The van der Waals surface area contributed by atoms with E-state index in [1.165, 1.54) is 29.9 Å². The Balaban J connectivity index is 1.58. The second-order valence-corrected chi connectivity index (χ2v) is 10.9. The Morgan fingerprint density at radius 3 is 2.62 bits per heavy atom. The number of piperazine rings is 1. The molecule has 1 aliphatic heterocycles. The number of nitrogens with zero attached hydrogens (tertiary/aromatic N) is 7. The summed E-state index contributed by atoms with van der Waals surface area (Å²) in [5, 5.41) is 3.08. The average Bonchev–Trinajstić information content (AvgIpc) is 2.83. The van der Waals surface area contributed by atoms with Gasteiger partial charge in [0.15, 0.2) is 11.6 Å². The summed E-state index contributed by atoms with van der Waals surface area (Å²) in [6.45, 7) is 6.02. The van der Waals surface area contributed by atoms with Gasteiger partial charge in [0.25, 0.3) is 0 Å². The molecular formula is C23H30FN9O3S. The number of halogens is 1. The van der Waals surface area contributed by atoms with Crippen LogP contribution in [-0.2, 0) is 16.4 Å². The minimum absolute atomic E-state index is 0.0774. The molecule has 0 amide bonds. The molecule has 3 aromatic heterocycles. The predicted octanol–water partition coefficient (Wildman–Crippen LogP) is 1.62. The second kappa shape index (κ2) is 10.9. The van der Waals surface area contributed by atoms with Crippen LogP contribution in [-0.4, -0.2) is 88.1 Å². The van der Waals surface area contributed by atoms with E-state index < -0.39 is 15.8 Å². The molecule has 1 saturated heterocycles. The lowest BCUT2D eigenvalue weighted by Crippen LogP contribution is -2.53. The lowest BCUT2D eigenvalue weighted by molar-refractivity contribution is 0.131. The number of rotatable bonds is 8. The van der Waals surface area contributed by atoms with E-state index in [2.05, 4.69) is 35.1 Å². The quantitative estimate of drug-likeness (QED) is 0.436. The number of ether oxygens (including phenoxy) is 1. The molecule has 0 spiro atoms. The van der Waals surface area contributed by atoms with E-state index in [1.807, 2.05) is 13.0 Å². The summed E-state index contributed by atoms with van der Waals surface area (Å²) < 4.78 is 44.4. The van der Waals surface area contributed by atoms with Gasteiger partial charge in [0, 0.05) is 44.5 Å². The largest absolute Gasteiger partial charge is 0.479 e. The molecule has 1 fully saturated rings. The molecule has 3 N–H and O–H groups in total. The molecule has 0 radical (unpaired) electrons. The first-order chi connectivity index (χ1) is 17.5. The van der Waals surface area contributed by atoms with Crippen molar-refractivity contribution in [3.05, 3.63) is 41.7 Å². The highest BCUT2D eigenvalue weighted by molar-refractivity contribution is 7.88. The Morgan fingerprint density at radius 1 is 1.19 bits per heavy atom. The van der Waals surface area contributed by atoms with Gasteiger partial charge in [0.05, 0.1) is 30.8 Å². The van der Waals surface area contributed by atoms with Crippen molar-refractivity contribution in [3.8, 4) is 17.3 Å². The van der Waals surface area contributed by atoms with Crippen LogP contribution in [0, 0.1) is 12.7 Å². The lowest BCUT2D eigenvalue weighted by atomic mass is 10.1. The van der Waals surface area contributed by atoms with E-state index in [4.69, 9.17) is 10.5 Å². The number of nitrogens with one attached hydrogen (secondary N) is 1.